The third-order valence-corrected chi connectivity index (χ3v) is 5.19. The van der Waals surface area contributed by atoms with E-state index in [-0.39, 0.29) is 11.9 Å². The number of nitrogens with zero attached hydrogens (tertiary/aromatic N) is 4. The maximum atomic E-state index is 13.3. The molecule has 0 radical (unpaired) electrons. The highest BCUT2D eigenvalue weighted by molar-refractivity contribution is 6.31. The summed E-state index contributed by atoms with van der Waals surface area (Å²) in [7, 11) is 0. The molecule has 1 atom stereocenters. The zero-order valence-corrected chi connectivity index (χ0v) is 15.5. The molecule has 134 valence electrons. The summed E-state index contributed by atoms with van der Waals surface area (Å²) in [5, 5.41) is 8.47. The molecule has 3 heterocycles. The van der Waals surface area contributed by atoms with Crippen LogP contribution in [0.1, 0.15) is 33.4 Å². The number of benzene rings is 1. The van der Waals surface area contributed by atoms with Crippen molar-refractivity contribution in [3.05, 3.63) is 64.1 Å². The van der Waals surface area contributed by atoms with Gasteiger partial charge in [-0.1, -0.05) is 29.8 Å². The Hall–Kier alpha value is -2.44. The summed E-state index contributed by atoms with van der Waals surface area (Å²) >= 11 is 6.39. The fourth-order valence-electron chi connectivity index (χ4n) is 3.50. The third kappa shape index (κ3) is 2.85. The minimum atomic E-state index is -0.112. The van der Waals surface area contributed by atoms with Crippen LogP contribution in [0.2, 0.25) is 5.02 Å². The van der Waals surface area contributed by atoms with Crippen LogP contribution in [0.4, 0.5) is 0 Å². The van der Waals surface area contributed by atoms with E-state index in [1.54, 1.807) is 10.7 Å². The normalized spacial score (nSPS) is 17.7. The number of carbonyl (C=O) groups excluding carboxylic acids is 1. The molecule has 7 heteroatoms. The van der Waals surface area contributed by atoms with Crippen molar-refractivity contribution in [3.63, 3.8) is 0 Å². The van der Waals surface area contributed by atoms with E-state index < -0.39 is 0 Å². The van der Waals surface area contributed by atoms with Crippen molar-refractivity contribution in [1.29, 1.82) is 0 Å². The molecule has 1 N–H and O–H groups in total. The summed E-state index contributed by atoms with van der Waals surface area (Å²) in [5.41, 5.74) is 3.95. The lowest BCUT2D eigenvalue weighted by molar-refractivity contribution is 0.0632. The molecule has 1 fully saturated rings. The first-order chi connectivity index (χ1) is 12.6. The first-order valence-electron chi connectivity index (χ1n) is 8.64. The maximum absolute atomic E-state index is 13.3. The maximum Gasteiger partial charge on any atom is 0.257 e. The van der Waals surface area contributed by atoms with E-state index in [1.807, 2.05) is 49.1 Å². The van der Waals surface area contributed by atoms with Gasteiger partial charge in [-0.05, 0) is 25.5 Å². The topological polar surface area (TPSA) is 62.5 Å². The van der Waals surface area contributed by atoms with E-state index in [0.717, 1.165) is 29.1 Å². The molecule has 2 aromatic heterocycles. The van der Waals surface area contributed by atoms with E-state index in [9.17, 15) is 4.79 Å². The second kappa shape index (κ2) is 6.70. The Morgan fingerprint density at radius 2 is 2.12 bits per heavy atom. The summed E-state index contributed by atoms with van der Waals surface area (Å²) < 4.78 is 1.73. The van der Waals surface area contributed by atoms with Crippen LogP contribution in [0.5, 0.6) is 0 Å². The van der Waals surface area contributed by atoms with Crippen molar-refractivity contribution in [2.24, 2.45) is 0 Å². The van der Waals surface area contributed by atoms with Gasteiger partial charge in [-0.3, -0.25) is 4.79 Å². The van der Waals surface area contributed by atoms with Crippen molar-refractivity contribution in [1.82, 2.24) is 24.8 Å². The number of carbonyl (C=O) groups is 1. The van der Waals surface area contributed by atoms with E-state index in [1.165, 1.54) is 0 Å². The molecule has 0 saturated carbocycles. The van der Waals surface area contributed by atoms with Gasteiger partial charge >= 0.3 is 0 Å². The molecule has 1 aliphatic rings. The number of amides is 1. The van der Waals surface area contributed by atoms with Gasteiger partial charge in [-0.25, -0.2) is 9.50 Å². The average Bonchev–Trinajstić information content (AvgIpc) is 3.03. The number of aryl methyl sites for hydroxylation is 2. The molecule has 1 aliphatic heterocycles. The number of hydrogen-bond acceptors (Lipinski definition) is 4. The van der Waals surface area contributed by atoms with Crippen molar-refractivity contribution < 1.29 is 4.79 Å². The second-order valence-electron chi connectivity index (χ2n) is 6.55. The fourth-order valence-corrected chi connectivity index (χ4v) is 3.76. The fraction of sp³-hybridized carbons (Fsp3) is 0.316. The van der Waals surface area contributed by atoms with Gasteiger partial charge in [-0.15, -0.1) is 0 Å². The Balaban J connectivity index is 1.74. The lowest BCUT2D eigenvalue weighted by atomic mass is 10.0. The Bertz CT molecular complexity index is 983. The SMILES string of the molecule is Cc1cc2ncc(C(=O)N3CCNCC3c3ccccc3Cl)c(C)n2n1. The molecule has 0 bridgehead atoms. The molecule has 1 amide bonds. The van der Waals surface area contributed by atoms with E-state index in [2.05, 4.69) is 15.4 Å². The summed E-state index contributed by atoms with van der Waals surface area (Å²) in [4.78, 5) is 19.6. The average molecular weight is 370 g/mol. The van der Waals surface area contributed by atoms with Crippen molar-refractivity contribution >= 4 is 23.2 Å². The largest absolute Gasteiger partial charge is 0.329 e. The lowest BCUT2D eigenvalue weighted by Crippen LogP contribution is -2.49. The number of hydrogen-bond donors (Lipinski definition) is 1. The minimum Gasteiger partial charge on any atom is -0.329 e. The van der Waals surface area contributed by atoms with Crippen LogP contribution in [0, 0.1) is 13.8 Å². The van der Waals surface area contributed by atoms with E-state index in [0.29, 0.717) is 23.7 Å². The standard InChI is InChI=1S/C19H20ClN5O/c1-12-9-18-22-10-15(13(2)25(18)23-12)19(26)24-8-7-21-11-17(24)14-5-3-4-6-16(14)20/h3-6,9-10,17,21H,7-8,11H2,1-2H3. The highest BCUT2D eigenvalue weighted by Gasteiger charge is 2.31. The number of halogens is 1. The first-order valence-corrected chi connectivity index (χ1v) is 9.02. The predicted molar refractivity (Wildman–Crippen MR) is 101 cm³/mol. The van der Waals surface area contributed by atoms with Crippen LogP contribution in [-0.2, 0) is 0 Å². The molecule has 26 heavy (non-hydrogen) atoms. The van der Waals surface area contributed by atoms with Crippen LogP contribution >= 0.6 is 11.6 Å². The van der Waals surface area contributed by atoms with Crippen LogP contribution in [-0.4, -0.2) is 45.0 Å². The molecule has 6 nitrogen and oxygen atoms in total. The van der Waals surface area contributed by atoms with Gasteiger partial charge in [0.2, 0.25) is 0 Å². The second-order valence-corrected chi connectivity index (χ2v) is 6.96. The first kappa shape index (κ1) is 17.0. The van der Waals surface area contributed by atoms with Gasteiger partial charge < -0.3 is 10.2 Å². The van der Waals surface area contributed by atoms with Gasteiger partial charge in [0, 0.05) is 36.9 Å². The molecular formula is C19H20ClN5O. The Morgan fingerprint density at radius 1 is 1.31 bits per heavy atom. The molecule has 1 saturated heterocycles. The van der Waals surface area contributed by atoms with Crippen LogP contribution in [0.3, 0.4) is 0 Å². The number of rotatable bonds is 2. The summed E-state index contributed by atoms with van der Waals surface area (Å²) in [6.45, 7) is 5.86. The Kier molecular flexibility index (Phi) is 4.38. The van der Waals surface area contributed by atoms with Crippen molar-refractivity contribution in [2.45, 2.75) is 19.9 Å². The van der Waals surface area contributed by atoms with Crippen LogP contribution < -0.4 is 5.32 Å². The van der Waals surface area contributed by atoms with Gasteiger partial charge in [0.05, 0.1) is 23.0 Å². The zero-order chi connectivity index (χ0) is 18.3. The number of aromatic nitrogens is 3. The molecule has 1 aromatic carbocycles. The van der Waals surface area contributed by atoms with Crippen LogP contribution in [0.15, 0.2) is 36.5 Å². The Labute approximate surface area is 156 Å². The zero-order valence-electron chi connectivity index (χ0n) is 14.7. The Morgan fingerprint density at radius 3 is 2.92 bits per heavy atom. The lowest BCUT2D eigenvalue weighted by Gasteiger charge is -2.37. The van der Waals surface area contributed by atoms with Gasteiger partial charge in [0.1, 0.15) is 0 Å². The number of fused-ring (bicyclic) bond motifs is 1. The predicted octanol–water partition coefficient (Wildman–Crippen LogP) is 2.79. The highest BCUT2D eigenvalue weighted by Crippen LogP contribution is 2.30. The molecule has 4 rings (SSSR count). The molecule has 1 unspecified atom stereocenters. The quantitative estimate of drug-likeness (QED) is 0.754. The van der Waals surface area contributed by atoms with Crippen molar-refractivity contribution in [3.8, 4) is 0 Å². The van der Waals surface area contributed by atoms with Gasteiger partial charge in [0.15, 0.2) is 5.65 Å². The van der Waals surface area contributed by atoms with Crippen molar-refractivity contribution in [2.75, 3.05) is 19.6 Å². The third-order valence-electron chi connectivity index (χ3n) is 4.85. The van der Waals surface area contributed by atoms with E-state index in [4.69, 9.17) is 11.6 Å². The molecule has 0 spiro atoms. The number of piperazine rings is 1. The minimum absolute atomic E-state index is 0.0449. The molecule has 0 aliphatic carbocycles. The smallest absolute Gasteiger partial charge is 0.257 e. The highest BCUT2D eigenvalue weighted by atomic mass is 35.5. The monoisotopic (exact) mass is 369 g/mol. The van der Waals surface area contributed by atoms with E-state index >= 15 is 0 Å². The van der Waals surface area contributed by atoms with Crippen LogP contribution in [0.25, 0.3) is 5.65 Å². The molecular weight excluding hydrogens is 350 g/mol. The summed E-state index contributed by atoms with van der Waals surface area (Å²) in [6.07, 6.45) is 1.65. The van der Waals surface area contributed by atoms with Gasteiger partial charge in [-0.2, -0.15) is 5.10 Å². The van der Waals surface area contributed by atoms with Gasteiger partial charge in [0.25, 0.3) is 5.91 Å². The summed E-state index contributed by atoms with van der Waals surface area (Å²) in [5.74, 6) is -0.0449. The number of nitrogens with one attached hydrogen (secondary N) is 1. The molecule has 3 aromatic rings. The summed E-state index contributed by atoms with van der Waals surface area (Å²) in [6, 6.07) is 9.48.